The Hall–Kier alpha value is -1.49. The molecule has 0 saturated carbocycles. The van der Waals surface area contributed by atoms with Crippen LogP contribution in [0.1, 0.15) is 26.9 Å². The van der Waals surface area contributed by atoms with Gasteiger partial charge >= 0.3 is 0 Å². The van der Waals surface area contributed by atoms with Gasteiger partial charge in [-0.05, 0) is 17.2 Å². The Bertz CT molecular complexity index is 519. The van der Waals surface area contributed by atoms with Crippen molar-refractivity contribution in [1.82, 2.24) is 4.90 Å². The minimum absolute atomic E-state index is 0.0967. The molecule has 0 bridgehead atoms. The highest BCUT2D eigenvalue weighted by Gasteiger charge is 2.29. The average Bonchev–Trinajstić information content (AvgIpc) is 2.35. The highest BCUT2D eigenvalue weighted by molar-refractivity contribution is 6.21. The predicted octanol–water partition coefficient (Wildman–Crippen LogP) is 2.39. The van der Waals surface area contributed by atoms with Gasteiger partial charge in [-0.15, -0.1) is 11.6 Å². The minimum Gasteiger partial charge on any atom is -0.281 e. The maximum absolute atomic E-state index is 12.5. The highest BCUT2D eigenvalue weighted by atomic mass is 35.5. The third-order valence-electron chi connectivity index (χ3n) is 2.92. The molecule has 1 aromatic carbocycles. The normalized spacial score (nSPS) is 17.1. The molecule has 1 aliphatic heterocycles. The first-order valence-corrected chi connectivity index (χ1v) is 5.71. The third-order valence-corrected chi connectivity index (χ3v) is 3.37. The quantitative estimate of drug-likeness (QED) is 0.613. The summed E-state index contributed by atoms with van der Waals surface area (Å²) in [6.07, 6.45) is -2.61. The van der Waals surface area contributed by atoms with Gasteiger partial charge in [0.15, 0.2) is 0 Å². The molecule has 0 N–H and O–H groups in total. The summed E-state index contributed by atoms with van der Waals surface area (Å²) in [6, 6.07) is 4.27. The molecule has 1 unspecified atom stereocenters. The molecule has 1 aliphatic rings. The fourth-order valence-corrected chi connectivity index (χ4v) is 1.98. The first-order chi connectivity index (χ1) is 8.41. The number of fused-ring (bicyclic) bond motifs is 1. The van der Waals surface area contributed by atoms with Gasteiger partial charge in [-0.2, -0.15) is 0 Å². The fourth-order valence-electron chi connectivity index (χ4n) is 1.84. The van der Waals surface area contributed by atoms with Gasteiger partial charge in [0.1, 0.15) is 5.38 Å². The number of carbonyl (C=O) groups excluding carboxylic acids is 2. The van der Waals surface area contributed by atoms with Crippen molar-refractivity contribution in [2.75, 3.05) is 7.05 Å². The first-order valence-electron chi connectivity index (χ1n) is 5.27. The molecule has 1 aromatic rings. The van der Waals surface area contributed by atoms with Crippen LogP contribution in [-0.2, 0) is 11.2 Å². The number of halogens is 3. The van der Waals surface area contributed by atoms with Crippen LogP contribution in [0.25, 0.3) is 0 Å². The summed E-state index contributed by atoms with van der Waals surface area (Å²) in [7, 11) is 1.37. The fraction of sp³-hybridized carbons (Fsp3) is 0.333. The van der Waals surface area contributed by atoms with Crippen LogP contribution in [0.2, 0.25) is 0 Å². The Morgan fingerprint density at radius 3 is 2.61 bits per heavy atom. The zero-order valence-electron chi connectivity index (χ0n) is 9.49. The number of carbonyl (C=O) groups is 2. The van der Waals surface area contributed by atoms with Crippen LogP contribution in [0.15, 0.2) is 18.2 Å². The van der Waals surface area contributed by atoms with E-state index in [0.29, 0.717) is 5.56 Å². The van der Waals surface area contributed by atoms with E-state index in [1.165, 1.54) is 25.2 Å². The number of imide groups is 1. The molecule has 0 saturated heterocycles. The zero-order chi connectivity index (χ0) is 13.4. The number of alkyl halides is 3. The van der Waals surface area contributed by atoms with E-state index in [0.717, 1.165) is 4.90 Å². The summed E-state index contributed by atoms with van der Waals surface area (Å²) in [5, 5.41) is -1.45. The number of nitrogens with zero attached hydrogens (tertiary/aromatic N) is 1. The Kier molecular flexibility index (Phi) is 3.34. The lowest BCUT2D eigenvalue weighted by Crippen LogP contribution is -2.39. The Morgan fingerprint density at radius 2 is 2.00 bits per heavy atom. The molecule has 0 aliphatic carbocycles. The summed E-state index contributed by atoms with van der Waals surface area (Å²) < 4.78 is 25.0. The number of rotatable bonds is 2. The van der Waals surface area contributed by atoms with Crippen LogP contribution in [0.5, 0.6) is 0 Å². The van der Waals surface area contributed by atoms with Crippen molar-refractivity contribution in [3.63, 3.8) is 0 Å². The van der Waals surface area contributed by atoms with Gasteiger partial charge < -0.3 is 0 Å². The summed E-state index contributed by atoms with van der Waals surface area (Å²) in [5.74, 6) is -0.794. The maximum atomic E-state index is 12.5. The lowest BCUT2D eigenvalue weighted by molar-refractivity contribution is -0.127. The van der Waals surface area contributed by atoms with Gasteiger partial charge in [0, 0.05) is 12.6 Å². The third kappa shape index (κ3) is 2.10. The molecular weight excluding hydrogens is 264 g/mol. The number of hydrogen-bond acceptors (Lipinski definition) is 2. The second kappa shape index (κ2) is 4.65. The van der Waals surface area contributed by atoms with E-state index in [-0.39, 0.29) is 23.5 Å². The van der Waals surface area contributed by atoms with Crippen molar-refractivity contribution < 1.29 is 18.4 Å². The van der Waals surface area contributed by atoms with E-state index in [1.807, 2.05) is 0 Å². The Morgan fingerprint density at radius 1 is 1.33 bits per heavy atom. The second-order valence-electron chi connectivity index (χ2n) is 4.09. The number of likely N-dealkylation sites (N-methyl/N-ethyl adjacent to an activating group) is 1. The smallest absolute Gasteiger partial charge is 0.260 e. The van der Waals surface area contributed by atoms with Crippen LogP contribution in [0.4, 0.5) is 8.78 Å². The zero-order valence-corrected chi connectivity index (χ0v) is 10.2. The van der Waals surface area contributed by atoms with Crippen LogP contribution in [0, 0.1) is 0 Å². The van der Waals surface area contributed by atoms with Gasteiger partial charge in [-0.25, -0.2) is 8.78 Å². The van der Waals surface area contributed by atoms with Crippen LogP contribution < -0.4 is 0 Å². The molecule has 1 atom stereocenters. The number of benzene rings is 1. The van der Waals surface area contributed by atoms with E-state index in [4.69, 9.17) is 11.6 Å². The van der Waals surface area contributed by atoms with Crippen molar-refractivity contribution in [2.24, 2.45) is 0 Å². The Balaban J connectivity index is 2.44. The van der Waals surface area contributed by atoms with Crippen LogP contribution >= 0.6 is 11.6 Å². The predicted molar refractivity (Wildman–Crippen MR) is 61.8 cm³/mol. The molecule has 0 spiro atoms. The van der Waals surface area contributed by atoms with E-state index < -0.39 is 17.7 Å². The lowest BCUT2D eigenvalue weighted by Gasteiger charge is -2.24. The minimum atomic E-state index is -2.71. The van der Waals surface area contributed by atoms with E-state index >= 15 is 0 Å². The van der Waals surface area contributed by atoms with Crippen molar-refractivity contribution >= 4 is 23.4 Å². The second-order valence-corrected chi connectivity index (χ2v) is 4.56. The molecule has 3 nitrogen and oxygen atoms in total. The van der Waals surface area contributed by atoms with Crippen molar-refractivity contribution in [1.29, 1.82) is 0 Å². The molecule has 0 aromatic heterocycles. The monoisotopic (exact) mass is 273 g/mol. The molecular formula is C12H10ClF2NO2. The van der Waals surface area contributed by atoms with Crippen molar-refractivity contribution in [3.8, 4) is 0 Å². The largest absolute Gasteiger partial charge is 0.281 e. The molecule has 0 radical (unpaired) electrons. The highest BCUT2D eigenvalue weighted by Crippen LogP contribution is 2.30. The maximum Gasteiger partial charge on any atom is 0.260 e. The molecule has 6 heteroatoms. The summed E-state index contributed by atoms with van der Waals surface area (Å²) >= 11 is 5.55. The summed E-state index contributed by atoms with van der Waals surface area (Å²) in [4.78, 5) is 24.3. The Labute approximate surface area is 107 Å². The molecule has 2 rings (SSSR count). The van der Waals surface area contributed by atoms with E-state index in [1.54, 1.807) is 0 Å². The molecule has 0 fully saturated rings. The van der Waals surface area contributed by atoms with E-state index in [2.05, 4.69) is 0 Å². The molecule has 96 valence electrons. The summed E-state index contributed by atoms with van der Waals surface area (Å²) in [5.41, 5.74) is 0.993. The molecule has 18 heavy (non-hydrogen) atoms. The molecule has 2 amide bonds. The van der Waals surface area contributed by atoms with Gasteiger partial charge in [0.2, 0.25) is 5.91 Å². The van der Waals surface area contributed by atoms with Crippen LogP contribution in [0.3, 0.4) is 0 Å². The number of hydrogen-bond donors (Lipinski definition) is 0. The van der Waals surface area contributed by atoms with E-state index in [9.17, 15) is 18.4 Å². The molecule has 1 heterocycles. The van der Waals surface area contributed by atoms with Gasteiger partial charge in [0.05, 0.1) is 6.42 Å². The standard InChI is InChI=1S/C12H10ClF2NO2/c1-16-9(17)5-6-2-3-7(10(13)11(14)15)4-8(6)12(16)18/h2-4,10-11H,5H2,1H3. The van der Waals surface area contributed by atoms with Crippen LogP contribution in [-0.4, -0.2) is 30.2 Å². The lowest BCUT2D eigenvalue weighted by atomic mass is 9.95. The number of amides is 2. The topological polar surface area (TPSA) is 37.4 Å². The van der Waals surface area contributed by atoms with Gasteiger partial charge in [-0.3, -0.25) is 14.5 Å². The average molecular weight is 274 g/mol. The van der Waals surface area contributed by atoms with Gasteiger partial charge in [0.25, 0.3) is 12.3 Å². The van der Waals surface area contributed by atoms with Crippen molar-refractivity contribution in [3.05, 3.63) is 34.9 Å². The summed E-state index contributed by atoms with van der Waals surface area (Å²) in [6.45, 7) is 0. The first kappa shape index (κ1) is 13.0. The SMILES string of the molecule is CN1C(=O)Cc2ccc(C(Cl)C(F)F)cc2C1=O. The van der Waals surface area contributed by atoms with Crippen molar-refractivity contribution in [2.45, 2.75) is 18.2 Å². The van der Waals surface area contributed by atoms with Gasteiger partial charge in [-0.1, -0.05) is 12.1 Å².